The molecule has 92 valence electrons. The molecule has 0 amide bonds. The molecule has 0 radical (unpaired) electrons. The van der Waals surface area contributed by atoms with Gasteiger partial charge in [0.15, 0.2) is 0 Å². The number of halogens is 6. The lowest BCUT2D eigenvalue weighted by Crippen LogP contribution is -2.15. The van der Waals surface area contributed by atoms with Crippen LogP contribution in [0.2, 0.25) is 0 Å². The van der Waals surface area contributed by atoms with Crippen molar-refractivity contribution in [2.24, 2.45) is 0 Å². The summed E-state index contributed by atoms with van der Waals surface area (Å²) in [4.78, 5) is 2.50. The molecule has 17 heavy (non-hydrogen) atoms. The SMILES string of the molecule is N#CCc1cc(C(F)(F)F)nc(C(F)(F)F)c1. The van der Waals surface area contributed by atoms with Gasteiger partial charge in [-0.2, -0.15) is 31.6 Å². The van der Waals surface area contributed by atoms with Crippen molar-refractivity contribution < 1.29 is 26.3 Å². The van der Waals surface area contributed by atoms with Crippen molar-refractivity contribution in [1.29, 1.82) is 5.26 Å². The third-order valence-corrected chi connectivity index (χ3v) is 1.75. The number of alkyl halides is 6. The first-order valence-corrected chi connectivity index (χ1v) is 4.17. The van der Waals surface area contributed by atoms with Gasteiger partial charge in [-0.1, -0.05) is 0 Å². The van der Waals surface area contributed by atoms with Crippen molar-refractivity contribution in [1.82, 2.24) is 4.98 Å². The summed E-state index contributed by atoms with van der Waals surface area (Å²) in [6, 6.07) is 2.34. The Morgan fingerprint density at radius 1 is 1.00 bits per heavy atom. The number of aromatic nitrogens is 1. The van der Waals surface area contributed by atoms with E-state index >= 15 is 0 Å². The largest absolute Gasteiger partial charge is 0.433 e. The van der Waals surface area contributed by atoms with E-state index in [4.69, 9.17) is 5.26 Å². The molecule has 0 spiro atoms. The van der Waals surface area contributed by atoms with Crippen LogP contribution in [0.1, 0.15) is 17.0 Å². The molecule has 0 N–H and O–H groups in total. The van der Waals surface area contributed by atoms with Crippen LogP contribution in [-0.4, -0.2) is 4.98 Å². The van der Waals surface area contributed by atoms with Crippen molar-refractivity contribution in [2.75, 3.05) is 0 Å². The summed E-state index contributed by atoms with van der Waals surface area (Å²) in [5.74, 6) is 0. The second-order valence-electron chi connectivity index (χ2n) is 3.08. The molecular formula is C9H4F6N2. The Morgan fingerprint density at radius 3 is 1.71 bits per heavy atom. The predicted molar refractivity (Wildman–Crippen MR) is 43.6 cm³/mol. The van der Waals surface area contributed by atoms with Gasteiger partial charge in [-0.15, -0.1) is 0 Å². The molecule has 8 heteroatoms. The molecule has 0 fully saturated rings. The van der Waals surface area contributed by atoms with Gasteiger partial charge in [-0.3, -0.25) is 0 Å². The summed E-state index contributed by atoms with van der Waals surface area (Å²) in [5, 5.41) is 8.27. The first-order chi connectivity index (χ1) is 7.64. The molecule has 0 bridgehead atoms. The average Bonchev–Trinajstić information content (AvgIpc) is 2.15. The summed E-state index contributed by atoms with van der Waals surface area (Å²) in [5.41, 5.74) is -3.68. The lowest BCUT2D eigenvalue weighted by molar-refractivity contribution is -0.150. The Hall–Kier alpha value is -1.78. The Labute approximate surface area is 91.5 Å². The Kier molecular flexibility index (Phi) is 3.31. The normalized spacial score (nSPS) is 12.3. The standard InChI is InChI=1S/C9H4F6N2/c10-8(11,12)6-3-5(1-2-16)4-7(17-6)9(13,14)15/h3-4H,1H2. The molecule has 0 aromatic carbocycles. The van der Waals surface area contributed by atoms with Crippen LogP contribution >= 0.6 is 0 Å². The zero-order valence-corrected chi connectivity index (χ0v) is 8.02. The van der Waals surface area contributed by atoms with Gasteiger partial charge in [0.2, 0.25) is 0 Å². The molecule has 1 aromatic rings. The smallest absolute Gasteiger partial charge is 0.239 e. The lowest BCUT2D eigenvalue weighted by atomic mass is 10.1. The second-order valence-corrected chi connectivity index (χ2v) is 3.08. The lowest BCUT2D eigenvalue weighted by Gasteiger charge is -2.11. The fourth-order valence-electron chi connectivity index (χ4n) is 1.07. The summed E-state index contributed by atoms with van der Waals surface area (Å²) in [6.07, 6.45) is -10.5. The van der Waals surface area contributed by atoms with Gasteiger partial charge in [-0.05, 0) is 17.7 Å². The van der Waals surface area contributed by atoms with Crippen molar-refractivity contribution >= 4 is 0 Å². The average molecular weight is 254 g/mol. The topological polar surface area (TPSA) is 36.7 Å². The highest BCUT2D eigenvalue weighted by Crippen LogP contribution is 2.33. The number of hydrogen-bond acceptors (Lipinski definition) is 2. The van der Waals surface area contributed by atoms with Gasteiger partial charge in [-0.25, -0.2) is 4.98 Å². The maximum absolute atomic E-state index is 12.3. The van der Waals surface area contributed by atoms with Crippen LogP contribution < -0.4 is 0 Å². The maximum Gasteiger partial charge on any atom is 0.433 e. The summed E-state index contributed by atoms with van der Waals surface area (Å²) in [7, 11) is 0. The zero-order chi connectivity index (χ0) is 13.3. The number of hydrogen-bond donors (Lipinski definition) is 0. The molecule has 0 unspecified atom stereocenters. The molecule has 1 heterocycles. The monoisotopic (exact) mass is 254 g/mol. The molecule has 0 saturated carbocycles. The minimum Gasteiger partial charge on any atom is -0.239 e. The van der Waals surface area contributed by atoms with E-state index < -0.39 is 30.2 Å². The third-order valence-electron chi connectivity index (χ3n) is 1.75. The van der Waals surface area contributed by atoms with Crippen LogP contribution in [0.3, 0.4) is 0 Å². The molecule has 0 atom stereocenters. The highest BCUT2D eigenvalue weighted by molar-refractivity contribution is 5.26. The first-order valence-electron chi connectivity index (χ1n) is 4.17. The van der Waals surface area contributed by atoms with Gasteiger partial charge < -0.3 is 0 Å². The van der Waals surface area contributed by atoms with E-state index in [0.717, 1.165) is 0 Å². The van der Waals surface area contributed by atoms with E-state index in [-0.39, 0.29) is 5.56 Å². The van der Waals surface area contributed by atoms with Crippen molar-refractivity contribution in [3.05, 3.63) is 29.1 Å². The van der Waals surface area contributed by atoms with Crippen LogP contribution in [0, 0.1) is 11.3 Å². The maximum atomic E-state index is 12.3. The minimum atomic E-state index is -4.98. The molecular weight excluding hydrogens is 250 g/mol. The summed E-state index contributed by atoms with van der Waals surface area (Å²) < 4.78 is 73.6. The van der Waals surface area contributed by atoms with Gasteiger partial charge in [0.25, 0.3) is 0 Å². The highest BCUT2D eigenvalue weighted by Gasteiger charge is 2.38. The number of nitriles is 1. The van der Waals surface area contributed by atoms with Crippen molar-refractivity contribution in [3.8, 4) is 6.07 Å². The number of nitrogens with zero attached hydrogens (tertiary/aromatic N) is 2. The molecule has 2 nitrogen and oxygen atoms in total. The second kappa shape index (κ2) is 4.24. The van der Waals surface area contributed by atoms with E-state index in [1.165, 1.54) is 6.07 Å². The van der Waals surface area contributed by atoms with E-state index in [2.05, 4.69) is 4.98 Å². The first kappa shape index (κ1) is 13.3. The fraction of sp³-hybridized carbons (Fsp3) is 0.333. The third kappa shape index (κ3) is 3.34. The van der Waals surface area contributed by atoms with Crippen LogP contribution in [0.25, 0.3) is 0 Å². The van der Waals surface area contributed by atoms with E-state index in [1.54, 1.807) is 0 Å². The Bertz CT molecular complexity index is 422. The van der Waals surface area contributed by atoms with Crippen LogP contribution in [0.4, 0.5) is 26.3 Å². The Morgan fingerprint density at radius 2 is 1.41 bits per heavy atom. The van der Waals surface area contributed by atoms with Crippen molar-refractivity contribution in [2.45, 2.75) is 18.8 Å². The van der Waals surface area contributed by atoms with Gasteiger partial charge in [0, 0.05) is 0 Å². The fourth-order valence-corrected chi connectivity index (χ4v) is 1.07. The van der Waals surface area contributed by atoms with Crippen LogP contribution in [0.5, 0.6) is 0 Å². The number of pyridine rings is 1. The Balaban J connectivity index is 3.35. The molecule has 1 aromatic heterocycles. The zero-order valence-electron chi connectivity index (χ0n) is 8.02. The van der Waals surface area contributed by atoms with Gasteiger partial charge in [0.1, 0.15) is 11.4 Å². The molecule has 0 aliphatic heterocycles. The minimum absolute atomic E-state index is 0.373. The van der Waals surface area contributed by atoms with Crippen molar-refractivity contribution in [3.63, 3.8) is 0 Å². The van der Waals surface area contributed by atoms with Crippen LogP contribution in [-0.2, 0) is 18.8 Å². The van der Waals surface area contributed by atoms with E-state index in [0.29, 0.717) is 12.1 Å². The summed E-state index contributed by atoms with van der Waals surface area (Å²) in [6.45, 7) is 0. The highest BCUT2D eigenvalue weighted by atomic mass is 19.4. The predicted octanol–water partition coefficient (Wildman–Crippen LogP) is 3.19. The molecule has 1 rings (SSSR count). The van der Waals surface area contributed by atoms with Gasteiger partial charge >= 0.3 is 12.4 Å². The van der Waals surface area contributed by atoms with E-state index in [9.17, 15) is 26.3 Å². The van der Waals surface area contributed by atoms with Crippen LogP contribution in [0.15, 0.2) is 12.1 Å². The quantitative estimate of drug-likeness (QED) is 0.721. The number of rotatable bonds is 1. The molecule has 0 aliphatic rings. The van der Waals surface area contributed by atoms with E-state index in [1.807, 2.05) is 0 Å². The molecule has 0 saturated heterocycles. The molecule has 0 aliphatic carbocycles. The van der Waals surface area contributed by atoms with Gasteiger partial charge in [0.05, 0.1) is 12.5 Å². The summed E-state index contributed by atoms with van der Waals surface area (Å²) >= 11 is 0.